The summed E-state index contributed by atoms with van der Waals surface area (Å²) in [5.74, 6) is 0.620. The molecule has 0 radical (unpaired) electrons. The average Bonchev–Trinajstić information content (AvgIpc) is 3.01. The second kappa shape index (κ2) is 8.17. The van der Waals surface area contributed by atoms with Crippen LogP contribution < -0.4 is 4.72 Å². The molecule has 0 atom stereocenters. The molecule has 11 heteroatoms. The number of nitro groups is 1. The Morgan fingerprint density at radius 1 is 1.10 bits per heavy atom. The highest BCUT2D eigenvalue weighted by Gasteiger charge is 2.26. The van der Waals surface area contributed by atoms with Crippen LogP contribution in [-0.4, -0.2) is 33.6 Å². The monoisotopic (exact) mass is 447 g/mol. The van der Waals surface area contributed by atoms with Crippen molar-refractivity contribution < 1.29 is 13.3 Å². The van der Waals surface area contributed by atoms with E-state index in [0.717, 1.165) is 23.4 Å². The average molecular weight is 448 g/mol. The third-order valence-corrected chi connectivity index (χ3v) is 6.80. The molecule has 0 bridgehead atoms. The van der Waals surface area contributed by atoms with Crippen LogP contribution >= 0.6 is 11.8 Å². The Morgan fingerprint density at radius 3 is 2.37 bits per heavy atom. The van der Waals surface area contributed by atoms with Crippen LogP contribution in [0.15, 0.2) is 63.5 Å². The van der Waals surface area contributed by atoms with Gasteiger partial charge in [-0.3, -0.25) is 10.1 Å². The fraction of sp³-hybridized carbons (Fsp3) is 0.263. The van der Waals surface area contributed by atoms with E-state index < -0.39 is 20.5 Å². The molecule has 0 saturated carbocycles. The Labute approximate surface area is 178 Å². The largest absolute Gasteiger partial charge is 0.305 e. The van der Waals surface area contributed by atoms with Gasteiger partial charge in [-0.2, -0.15) is 0 Å². The maximum Gasteiger partial charge on any atom is 0.284 e. The van der Waals surface area contributed by atoms with Gasteiger partial charge in [-0.15, -0.1) is 10.2 Å². The van der Waals surface area contributed by atoms with Crippen molar-refractivity contribution in [1.29, 1.82) is 0 Å². The SMILES string of the molecule is Cn1c(Sc2ccc(S(=O)(=O)NC(C)(C)C)cc2[N+](=O)[O-])nnc1-c1ccccc1. The predicted octanol–water partition coefficient (Wildman–Crippen LogP) is 3.62. The molecule has 3 rings (SSSR count). The lowest BCUT2D eigenvalue weighted by molar-refractivity contribution is -0.388. The molecular weight excluding hydrogens is 426 g/mol. The molecule has 0 aliphatic rings. The highest BCUT2D eigenvalue weighted by atomic mass is 32.2. The van der Waals surface area contributed by atoms with Crippen molar-refractivity contribution in [2.45, 2.75) is 41.3 Å². The van der Waals surface area contributed by atoms with Gasteiger partial charge in [-0.05, 0) is 44.7 Å². The predicted molar refractivity (Wildman–Crippen MR) is 114 cm³/mol. The van der Waals surface area contributed by atoms with E-state index in [9.17, 15) is 18.5 Å². The van der Waals surface area contributed by atoms with Crippen LogP contribution in [0.3, 0.4) is 0 Å². The van der Waals surface area contributed by atoms with Crippen molar-refractivity contribution >= 4 is 27.5 Å². The molecule has 1 N–H and O–H groups in total. The number of hydrogen-bond acceptors (Lipinski definition) is 7. The lowest BCUT2D eigenvalue weighted by Crippen LogP contribution is -2.40. The molecule has 3 aromatic rings. The van der Waals surface area contributed by atoms with Crippen LogP contribution in [0.1, 0.15) is 20.8 Å². The molecule has 30 heavy (non-hydrogen) atoms. The van der Waals surface area contributed by atoms with Crippen molar-refractivity contribution in [1.82, 2.24) is 19.5 Å². The van der Waals surface area contributed by atoms with E-state index >= 15 is 0 Å². The fourth-order valence-corrected chi connectivity index (χ4v) is 5.01. The summed E-state index contributed by atoms with van der Waals surface area (Å²) < 4.78 is 29.3. The lowest BCUT2D eigenvalue weighted by Gasteiger charge is -2.20. The van der Waals surface area contributed by atoms with Crippen molar-refractivity contribution in [3.05, 3.63) is 58.6 Å². The number of nitrogens with zero attached hydrogens (tertiary/aromatic N) is 4. The molecule has 0 unspecified atom stereocenters. The standard InChI is InChI=1S/C19H21N5O4S2/c1-19(2,3)22-30(27,28)14-10-11-16(15(12-14)24(25)26)29-18-21-20-17(23(18)4)13-8-6-5-7-9-13/h5-12,22H,1-4H3. The molecule has 0 amide bonds. The Kier molecular flexibility index (Phi) is 5.97. The fourth-order valence-electron chi connectivity index (χ4n) is 2.70. The van der Waals surface area contributed by atoms with E-state index in [1.807, 2.05) is 30.3 Å². The van der Waals surface area contributed by atoms with E-state index in [4.69, 9.17) is 0 Å². The molecular formula is C19H21N5O4S2. The molecule has 0 fully saturated rings. The molecule has 2 aromatic carbocycles. The second-order valence-corrected chi connectivity index (χ2v) is 10.3. The number of sulfonamides is 1. The quantitative estimate of drug-likeness (QED) is 0.452. The normalized spacial score (nSPS) is 12.1. The summed E-state index contributed by atoms with van der Waals surface area (Å²) in [4.78, 5) is 11.1. The first-order valence-electron chi connectivity index (χ1n) is 8.93. The van der Waals surface area contributed by atoms with Crippen LogP contribution in [0.25, 0.3) is 11.4 Å². The summed E-state index contributed by atoms with van der Waals surface area (Å²) in [6.07, 6.45) is 0. The van der Waals surface area contributed by atoms with Gasteiger partial charge in [-0.25, -0.2) is 13.1 Å². The van der Waals surface area contributed by atoms with E-state index in [0.29, 0.717) is 11.0 Å². The van der Waals surface area contributed by atoms with Crippen LogP contribution in [0, 0.1) is 10.1 Å². The van der Waals surface area contributed by atoms with E-state index in [-0.39, 0.29) is 15.5 Å². The number of benzene rings is 2. The van der Waals surface area contributed by atoms with E-state index in [2.05, 4.69) is 14.9 Å². The van der Waals surface area contributed by atoms with Gasteiger partial charge in [0.25, 0.3) is 5.69 Å². The number of aromatic nitrogens is 3. The van der Waals surface area contributed by atoms with Gasteiger partial charge >= 0.3 is 0 Å². The first-order chi connectivity index (χ1) is 14.0. The zero-order chi connectivity index (χ0) is 22.1. The van der Waals surface area contributed by atoms with Gasteiger partial charge in [0.2, 0.25) is 10.0 Å². The summed E-state index contributed by atoms with van der Waals surface area (Å²) in [5.41, 5.74) is -0.169. The maximum atomic E-state index is 12.5. The number of nitro benzene ring substituents is 1. The summed E-state index contributed by atoms with van der Waals surface area (Å²) in [5, 5.41) is 20.4. The zero-order valence-corrected chi connectivity index (χ0v) is 18.5. The number of hydrogen-bond donors (Lipinski definition) is 1. The third kappa shape index (κ3) is 4.86. The zero-order valence-electron chi connectivity index (χ0n) is 16.9. The number of rotatable bonds is 6. The lowest BCUT2D eigenvalue weighted by atomic mass is 10.1. The Morgan fingerprint density at radius 2 is 1.77 bits per heavy atom. The van der Waals surface area contributed by atoms with Crippen LogP contribution in [0.5, 0.6) is 0 Å². The first kappa shape index (κ1) is 21.9. The minimum absolute atomic E-state index is 0.170. The molecule has 0 spiro atoms. The highest BCUT2D eigenvalue weighted by Crippen LogP contribution is 2.36. The Balaban J connectivity index is 1.96. The van der Waals surface area contributed by atoms with Crippen molar-refractivity contribution in [2.75, 3.05) is 0 Å². The molecule has 0 aliphatic carbocycles. The van der Waals surface area contributed by atoms with Crippen LogP contribution in [-0.2, 0) is 17.1 Å². The topological polar surface area (TPSA) is 120 Å². The molecule has 1 heterocycles. The first-order valence-corrected chi connectivity index (χ1v) is 11.2. The summed E-state index contributed by atoms with van der Waals surface area (Å²) in [6.45, 7) is 5.09. The summed E-state index contributed by atoms with van der Waals surface area (Å²) in [6, 6.07) is 13.3. The van der Waals surface area contributed by atoms with Crippen LogP contribution in [0.2, 0.25) is 0 Å². The minimum atomic E-state index is -3.90. The van der Waals surface area contributed by atoms with Gasteiger partial charge in [-0.1, -0.05) is 30.3 Å². The Bertz CT molecular complexity index is 1190. The van der Waals surface area contributed by atoms with Gasteiger partial charge in [0.15, 0.2) is 11.0 Å². The minimum Gasteiger partial charge on any atom is -0.305 e. The van der Waals surface area contributed by atoms with Gasteiger partial charge < -0.3 is 4.57 Å². The summed E-state index contributed by atoms with van der Waals surface area (Å²) >= 11 is 1.05. The smallest absolute Gasteiger partial charge is 0.284 e. The second-order valence-electron chi connectivity index (χ2n) is 7.58. The maximum absolute atomic E-state index is 12.5. The van der Waals surface area contributed by atoms with Gasteiger partial charge in [0, 0.05) is 24.2 Å². The van der Waals surface area contributed by atoms with Crippen LogP contribution in [0.4, 0.5) is 5.69 Å². The van der Waals surface area contributed by atoms with Crippen molar-refractivity contribution in [2.24, 2.45) is 7.05 Å². The van der Waals surface area contributed by atoms with E-state index in [1.54, 1.807) is 32.4 Å². The highest BCUT2D eigenvalue weighted by molar-refractivity contribution is 7.99. The van der Waals surface area contributed by atoms with E-state index in [1.165, 1.54) is 12.1 Å². The summed E-state index contributed by atoms with van der Waals surface area (Å²) in [7, 11) is -2.13. The molecule has 1 aromatic heterocycles. The molecule has 158 valence electrons. The Hall–Kier alpha value is -2.76. The van der Waals surface area contributed by atoms with Crippen molar-refractivity contribution in [3.8, 4) is 11.4 Å². The van der Waals surface area contributed by atoms with Crippen molar-refractivity contribution in [3.63, 3.8) is 0 Å². The molecule has 0 saturated heterocycles. The third-order valence-electron chi connectivity index (χ3n) is 3.95. The van der Waals surface area contributed by atoms with Gasteiger partial charge in [0.05, 0.1) is 14.7 Å². The molecule has 9 nitrogen and oxygen atoms in total. The van der Waals surface area contributed by atoms with Gasteiger partial charge in [0.1, 0.15) is 0 Å². The number of nitrogens with one attached hydrogen (secondary N) is 1. The molecule has 0 aliphatic heterocycles.